The van der Waals surface area contributed by atoms with Crippen LogP contribution in [0, 0.1) is 0 Å². The van der Waals surface area contributed by atoms with Crippen LogP contribution in [-0.2, 0) is 0 Å². The summed E-state index contributed by atoms with van der Waals surface area (Å²) in [5, 5.41) is 2.22. The van der Waals surface area contributed by atoms with E-state index in [1.807, 2.05) is 109 Å². The lowest BCUT2D eigenvalue weighted by Gasteiger charge is -2.12. The van der Waals surface area contributed by atoms with Crippen LogP contribution in [0.5, 0.6) is 0 Å². The van der Waals surface area contributed by atoms with Crippen molar-refractivity contribution in [1.82, 2.24) is 24.9 Å². The van der Waals surface area contributed by atoms with Crippen molar-refractivity contribution in [2.45, 2.75) is 0 Å². The van der Waals surface area contributed by atoms with Gasteiger partial charge in [0.05, 0.1) is 11.4 Å². The molecule has 3 heterocycles. The molecule has 40 heavy (non-hydrogen) atoms. The Hall–Kier alpha value is -5.55. The Balaban J connectivity index is 1.48. The molecule has 0 unspecified atom stereocenters. The highest BCUT2D eigenvalue weighted by molar-refractivity contribution is 5.95. The molecule has 3 aromatic heterocycles. The predicted octanol–water partition coefficient (Wildman–Crippen LogP) is 8.15. The van der Waals surface area contributed by atoms with Crippen LogP contribution in [0.1, 0.15) is 0 Å². The van der Waals surface area contributed by atoms with Crippen molar-refractivity contribution >= 4 is 10.8 Å². The molecule has 0 spiro atoms. The van der Waals surface area contributed by atoms with E-state index in [4.69, 9.17) is 19.9 Å². The summed E-state index contributed by atoms with van der Waals surface area (Å²) in [5.74, 6) is 1.84. The van der Waals surface area contributed by atoms with Crippen molar-refractivity contribution in [2.75, 3.05) is 0 Å². The lowest BCUT2D eigenvalue weighted by molar-refractivity contribution is 1.07. The van der Waals surface area contributed by atoms with E-state index in [9.17, 15) is 0 Å². The minimum Gasteiger partial charge on any atom is -0.256 e. The number of benzene rings is 4. The first kappa shape index (κ1) is 23.6. The largest absolute Gasteiger partial charge is 0.256 e. The molecule has 0 atom stereocenters. The second-order valence-electron chi connectivity index (χ2n) is 9.43. The Kier molecular flexibility index (Phi) is 6.07. The normalized spacial score (nSPS) is 11.0. The molecule has 0 saturated heterocycles. The van der Waals surface area contributed by atoms with Crippen molar-refractivity contribution in [3.63, 3.8) is 0 Å². The first-order valence-electron chi connectivity index (χ1n) is 13.1. The highest BCUT2D eigenvalue weighted by Gasteiger charge is 2.16. The Morgan fingerprint density at radius 3 is 1.62 bits per heavy atom. The lowest BCUT2D eigenvalue weighted by Crippen LogP contribution is -2.00. The van der Waals surface area contributed by atoms with Crippen molar-refractivity contribution < 1.29 is 0 Å². The molecule has 0 fully saturated rings. The third-order valence-electron chi connectivity index (χ3n) is 6.80. The van der Waals surface area contributed by atoms with Crippen molar-refractivity contribution in [3.05, 3.63) is 140 Å². The lowest BCUT2D eigenvalue weighted by atomic mass is 9.97. The van der Waals surface area contributed by atoms with E-state index in [0.29, 0.717) is 17.5 Å². The number of aromatic nitrogens is 5. The van der Waals surface area contributed by atoms with Gasteiger partial charge in [0.2, 0.25) is 0 Å². The molecule has 5 heteroatoms. The molecule has 7 aromatic rings. The zero-order chi connectivity index (χ0) is 26.7. The summed E-state index contributed by atoms with van der Waals surface area (Å²) in [6.07, 6.45) is 3.66. The maximum atomic E-state index is 4.97. The Labute approximate surface area is 231 Å². The maximum Gasteiger partial charge on any atom is 0.164 e. The number of hydrogen-bond acceptors (Lipinski definition) is 5. The van der Waals surface area contributed by atoms with Gasteiger partial charge in [-0.25, -0.2) is 15.0 Å². The SMILES string of the molecule is c1ccc(-c2nc(-c3ccccc3)nc(-c3cc(-c4ccccn4)cc(-c4nccc5ccccc45)c3)n2)cc1. The van der Waals surface area contributed by atoms with Crippen LogP contribution < -0.4 is 0 Å². The highest BCUT2D eigenvalue weighted by Crippen LogP contribution is 2.34. The quantitative estimate of drug-likeness (QED) is 0.232. The maximum absolute atomic E-state index is 4.97. The van der Waals surface area contributed by atoms with Gasteiger partial charge in [-0.05, 0) is 41.8 Å². The fraction of sp³-hybridized carbons (Fsp3) is 0. The van der Waals surface area contributed by atoms with E-state index in [-0.39, 0.29) is 0 Å². The second kappa shape index (κ2) is 10.3. The Bertz CT molecular complexity index is 1880. The minimum absolute atomic E-state index is 0.590. The van der Waals surface area contributed by atoms with Gasteiger partial charge in [-0.3, -0.25) is 9.97 Å². The average Bonchev–Trinajstić information content (AvgIpc) is 3.05. The molecule has 0 N–H and O–H groups in total. The fourth-order valence-electron chi connectivity index (χ4n) is 4.86. The summed E-state index contributed by atoms with van der Waals surface area (Å²) in [5.41, 5.74) is 6.43. The Morgan fingerprint density at radius 2 is 0.950 bits per heavy atom. The van der Waals surface area contributed by atoms with Crippen LogP contribution >= 0.6 is 0 Å². The minimum atomic E-state index is 0.590. The van der Waals surface area contributed by atoms with Crippen molar-refractivity contribution in [1.29, 1.82) is 0 Å². The summed E-state index contributed by atoms with van der Waals surface area (Å²) >= 11 is 0. The van der Waals surface area contributed by atoms with Crippen molar-refractivity contribution in [3.8, 4) is 56.7 Å². The van der Waals surface area contributed by atoms with Crippen LogP contribution in [0.2, 0.25) is 0 Å². The van der Waals surface area contributed by atoms with Gasteiger partial charge in [0.1, 0.15) is 0 Å². The van der Waals surface area contributed by atoms with Gasteiger partial charge in [0.25, 0.3) is 0 Å². The summed E-state index contributed by atoms with van der Waals surface area (Å²) < 4.78 is 0. The first-order valence-corrected chi connectivity index (χ1v) is 13.1. The number of rotatable bonds is 5. The van der Waals surface area contributed by atoms with Gasteiger partial charge in [-0.15, -0.1) is 0 Å². The van der Waals surface area contributed by atoms with E-state index < -0.39 is 0 Å². The molecule has 5 nitrogen and oxygen atoms in total. The number of fused-ring (bicyclic) bond motifs is 1. The third-order valence-corrected chi connectivity index (χ3v) is 6.80. The van der Waals surface area contributed by atoms with Gasteiger partial charge in [0, 0.05) is 45.6 Å². The predicted molar refractivity (Wildman–Crippen MR) is 160 cm³/mol. The van der Waals surface area contributed by atoms with Crippen molar-refractivity contribution in [2.24, 2.45) is 0 Å². The summed E-state index contributed by atoms with van der Waals surface area (Å²) in [6, 6.07) is 42.6. The molecular weight excluding hydrogens is 490 g/mol. The second-order valence-corrected chi connectivity index (χ2v) is 9.43. The fourth-order valence-corrected chi connectivity index (χ4v) is 4.86. The molecule has 0 bridgehead atoms. The third kappa shape index (κ3) is 4.61. The number of hydrogen-bond donors (Lipinski definition) is 0. The average molecular weight is 514 g/mol. The molecule has 0 aliphatic heterocycles. The van der Waals surface area contributed by atoms with E-state index >= 15 is 0 Å². The molecule has 0 aliphatic rings. The van der Waals surface area contributed by atoms with Crippen LogP contribution in [0.4, 0.5) is 0 Å². The first-order chi connectivity index (χ1) is 19.8. The zero-order valence-corrected chi connectivity index (χ0v) is 21.5. The van der Waals surface area contributed by atoms with E-state index in [2.05, 4.69) is 35.3 Å². The van der Waals surface area contributed by atoms with Crippen LogP contribution in [-0.4, -0.2) is 24.9 Å². The summed E-state index contributed by atoms with van der Waals surface area (Å²) in [4.78, 5) is 24.2. The smallest absolute Gasteiger partial charge is 0.164 e. The molecule has 4 aromatic carbocycles. The van der Waals surface area contributed by atoms with E-state index in [1.54, 1.807) is 0 Å². The molecule has 0 amide bonds. The van der Waals surface area contributed by atoms with E-state index in [0.717, 1.165) is 50.0 Å². The van der Waals surface area contributed by atoms with Crippen LogP contribution in [0.3, 0.4) is 0 Å². The number of pyridine rings is 2. The standard InChI is InChI=1S/C35H23N5/c1-3-12-25(13-4-1)33-38-34(26-14-5-2-6-15-26)40-35(39-33)29-22-27(31-17-9-10-19-36-31)21-28(23-29)32-30-16-8-7-11-24(30)18-20-37-32/h1-23H. The molecule has 7 rings (SSSR count). The van der Waals surface area contributed by atoms with Crippen LogP contribution in [0.25, 0.3) is 67.5 Å². The van der Waals surface area contributed by atoms with Gasteiger partial charge in [0.15, 0.2) is 17.5 Å². The molecule has 188 valence electrons. The highest BCUT2D eigenvalue weighted by atomic mass is 15.0. The summed E-state index contributed by atoms with van der Waals surface area (Å²) in [7, 11) is 0. The van der Waals surface area contributed by atoms with Gasteiger partial charge in [-0.1, -0.05) is 91.0 Å². The molecule has 0 saturated carbocycles. The van der Waals surface area contributed by atoms with Gasteiger partial charge >= 0.3 is 0 Å². The van der Waals surface area contributed by atoms with E-state index in [1.165, 1.54) is 0 Å². The number of nitrogens with zero attached hydrogens (tertiary/aromatic N) is 5. The Morgan fingerprint density at radius 1 is 0.375 bits per heavy atom. The summed E-state index contributed by atoms with van der Waals surface area (Å²) in [6.45, 7) is 0. The van der Waals surface area contributed by atoms with Gasteiger partial charge in [-0.2, -0.15) is 0 Å². The molecular formula is C35H23N5. The zero-order valence-electron chi connectivity index (χ0n) is 21.5. The monoisotopic (exact) mass is 513 g/mol. The molecule has 0 radical (unpaired) electrons. The molecule has 0 aliphatic carbocycles. The van der Waals surface area contributed by atoms with Gasteiger partial charge < -0.3 is 0 Å². The topological polar surface area (TPSA) is 64.5 Å². The van der Waals surface area contributed by atoms with Crippen LogP contribution in [0.15, 0.2) is 140 Å².